The van der Waals surface area contributed by atoms with Crippen LogP contribution in [0.15, 0.2) is 0 Å². The molecule has 0 aromatic carbocycles. The van der Waals surface area contributed by atoms with E-state index in [0.29, 0.717) is 6.54 Å². The zero-order chi connectivity index (χ0) is 12.3. The van der Waals surface area contributed by atoms with E-state index in [4.69, 9.17) is 5.11 Å². The Morgan fingerprint density at radius 2 is 1.94 bits per heavy atom. The van der Waals surface area contributed by atoms with Crippen LogP contribution < -0.4 is 10.6 Å². The summed E-state index contributed by atoms with van der Waals surface area (Å²) in [5, 5.41) is 14.1. The van der Waals surface area contributed by atoms with E-state index < -0.39 is 18.0 Å². The lowest BCUT2D eigenvalue weighted by Crippen LogP contribution is -2.48. The quantitative estimate of drug-likeness (QED) is 0.676. The first-order chi connectivity index (χ1) is 7.29. The van der Waals surface area contributed by atoms with Crippen molar-refractivity contribution in [1.82, 2.24) is 10.6 Å². The number of rotatable bonds is 4. The van der Waals surface area contributed by atoms with Gasteiger partial charge in [0.15, 0.2) is 0 Å². The number of carboxylic acid groups (broad SMARTS) is 1. The topological polar surface area (TPSA) is 78.4 Å². The molecule has 1 saturated carbocycles. The number of amides is 2. The van der Waals surface area contributed by atoms with Gasteiger partial charge in [-0.15, -0.1) is 0 Å². The van der Waals surface area contributed by atoms with E-state index >= 15 is 0 Å². The first kappa shape index (κ1) is 12.8. The summed E-state index contributed by atoms with van der Waals surface area (Å²) >= 11 is 0. The van der Waals surface area contributed by atoms with Crippen molar-refractivity contribution in [2.24, 2.45) is 11.3 Å². The molecule has 1 fully saturated rings. The van der Waals surface area contributed by atoms with Gasteiger partial charge in [0.25, 0.3) is 0 Å². The molecule has 1 unspecified atom stereocenters. The minimum Gasteiger partial charge on any atom is -0.480 e. The minimum atomic E-state index is -0.951. The summed E-state index contributed by atoms with van der Waals surface area (Å²) in [5.74, 6) is -0.841. The fourth-order valence-corrected chi connectivity index (χ4v) is 1.35. The summed E-state index contributed by atoms with van der Waals surface area (Å²) in [4.78, 5) is 22.3. The molecule has 16 heavy (non-hydrogen) atoms. The molecule has 1 atom stereocenters. The van der Waals surface area contributed by atoms with Crippen molar-refractivity contribution in [1.29, 1.82) is 0 Å². The van der Waals surface area contributed by atoms with Gasteiger partial charge in [0.2, 0.25) is 0 Å². The van der Waals surface area contributed by atoms with E-state index in [1.54, 1.807) is 0 Å². The highest BCUT2D eigenvalue weighted by atomic mass is 16.4. The monoisotopic (exact) mass is 228 g/mol. The molecule has 5 nitrogen and oxygen atoms in total. The van der Waals surface area contributed by atoms with Crippen molar-refractivity contribution in [2.45, 2.75) is 39.7 Å². The predicted molar refractivity (Wildman–Crippen MR) is 60.1 cm³/mol. The zero-order valence-electron chi connectivity index (χ0n) is 10.0. The second-order valence-corrected chi connectivity index (χ2v) is 5.54. The van der Waals surface area contributed by atoms with Gasteiger partial charge in [-0.3, -0.25) is 0 Å². The van der Waals surface area contributed by atoms with Crippen molar-refractivity contribution in [2.75, 3.05) is 6.54 Å². The smallest absolute Gasteiger partial charge is 0.326 e. The number of nitrogens with one attached hydrogen (secondary N) is 2. The summed E-state index contributed by atoms with van der Waals surface area (Å²) in [6.45, 7) is 6.53. The standard InChI is InChI=1S/C11H20N2O3/c1-11(2,3)6-12-10(16)13-8(9(14)15)7-4-5-7/h7-8H,4-6H2,1-3H3,(H,14,15)(H2,12,13,16). The van der Waals surface area contributed by atoms with Crippen LogP contribution in [-0.2, 0) is 4.79 Å². The summed E-state index contributed by atoms with van der Waals surface area (Å²) in [6, 6.07) is -1.13. The van der Waals surface area contributed by atoms with Gasteiger partial charge in [0, 0.05) is 6.54 Å². The van der Waals surface area contributed by atoms with Crippen LogP contribution in [0, 0.1) is 11.3 Å². The Bertz CT molecular complexity index is 279. The number of urea groups is 1. The van der Waals surface area contributed by atoms with Gasteiger partial charge in [-0.1, -0.05) is 20.8 Å². The molecule has 0 aliphatic heterocycles. The lowest BCUT2D eigenvalue weighted by molar-refractivity contribution is -0.139. The largest absolute Gasteiger partial charge is 0.480 e. The van der Waals surface area contributed by atoms with E-state index in [2.05, 4.69) is 10.6 Å². The number of carboxylic acids is 1. The molecule has 0 spiro atoms. The molecular formula is C11H20N2O3. The van der Waals surface area contributed by atoms with Gasteiger partial charge in [-0.2, -0.15) is 0 Å². The van der Waals surface area contributed by atoms with Crippen molar-refractivity contribution in [3.63, 3.8) is 0 Å². The van der Waals surface area contributed by atoms with Crippen LogP contribution in [0.1, 0.15) is 33.6 Å². The molecule has 5 heteroatoms. The van der Waals surface area contributed by atoms with E-state index in [1.807, 2.05) is 20.8 Å². The minimum absolute atomic E-state index is 0.00432. The molecule has 3 N–H and O–H groups in total. The van der Waals surface area contributed by atoms with Crippen molar-refractivity contribution >= 4 is 12.0 Å². The van der Waals surface area contributed by atoms with E-state index in [9.17, 15) is 9.59 Å². The number of aliphatic carboxylic acids is 1. The van der Waals surface area contributed by atoms with Gasteiger partial charge in [0.1, 0.15) is 6.04 Å². The highest BCUT2D eigenvalue weighted by Crippen LogP contribution is 2.32. The third-order valence-electron chi connectivity index (χ3n) is 2.43. The molecule has 92 valence electrons. The molecule has 0 heterocycles. The van der Waals surface area contributed by atoms with Gasteiger partial charge in [-0.25, -0.2) is 9.59 Å². The Labute approximate surface area is 95.6 Å². The molecule has 0 aromatic rings. The van der Waals surface area contributed by atoms with E-state index in [-0.39, 0.29) is 11.3 Å². The van der Waals surface area contributed by atoms with Crippen LogP contribution >= 0.6 is 0 Å². The summed E-state index contributed by atoms with van der Waals surface area (Å²) in [5.41, 5.74) is -0.00432. The highest BCUT2D eigenvalue weighted by Gasteiger charge is 2.37. The summed E-state index contributed by atoms with van der Waals surface area (Å²) in [6.07, 6.45) is 1.77. The molecular weight excluding hydrogens is 208 g/mol. The average Bonchev–Trinajstić information content (AvgIpc) is 2.92. The zero-order valence-corrected chi connectivity index (χ0v) is 10.0. The maximum absolute atomic E-state index is 11.5. The van der Waals surface area contributed by atoms with Crippen molar-refractivity contribution in [3.8, 4) is 0 Å². The molecule has 0 aromatic heterocycles. The Morgan fingerprint density at radius 3 is 2.31 bits per heavy atom. The fraction of sp³-hybridized carbons (Fsp3) is 0.818. The van der Waals surface area contributed by atoms with Gasteiger partial charge in [0.05, 0.1) is 0 Å². The predicted octanol–water partition coefficient (Wildman–Crippen LogP) is 1.19. The van der Waals surface area contributed by atoms with Crippen LogP contribution in [0.25, 0.3) is 0 Å². The molecule has 1 aliphatic rings. The van der Waals surface area contributed by atoms with Crippen LogP contribution in [0.5, 0.6) is 0 Å². The number of hydrogen-bond acceptors (Lipinski definition) is 2. The summed E-state index contributed by atoms with van der Waals surface area (Å²) in [7, 11) is 0. The van der Waals surface area contributed by atoms with Crippen LogP contribution in [-0.4, -0.2) is 29.7 Å². The fourth-order valence-electron chi connectivity index (χ4n) is 1.35. The van der Waals surface area contributed by atoms with Gasteiger partial charge in [-0.05, 0) is 24.2 Å². The highest BCUT2D eigenvalue weighted by molar-refractivity contribution is 5.83. The molecule has 1 rings (SSSR count). The third kappa shape index (κ3) is 4.51. The van der Waals surface area contributed by atoms with Crippen LogP contribution in [0.2, 0.25) is 0 Å². The maximum atomic E-state index is 11.5. The Kier molecular flexibility index (Phi) is 3.78. The van der Waals surface area contributed by atoms with E-state index in [0.717, 1.165) is 12.8 Å². The Hall–Kier alpha value is -1.26. The summed E-state index contributed by atoms with van der Waals surface area (Å²) < 4.78 is 0. The normalized spacial score (nSPS) is 17.7. The SMILES string of the molecule is CC(C)(C)CNC(=O)NC(C(=O)O)C1CC1. The van der Waals surface area contributed by atoms with Gasteiger partial charge >= 0.3 is 12.0 Å². The molecule has 1 aliphatic carbocycles. The Morgan fingerprint density at radius 1 is 1.38 bits per heavy atom. The second kappa shape index (κ2) is 4.72. The molecule has 0 radical (unpaired) electrons. The van der Waals surface area contributed by atoms with Gasteiger partial charge < -0.3 is 15.7 Å². The first-order valence-electron chi connectivity index (χ1n) is 5.57. The van der Waals surface area contributed by atoms with E-state index in [1.165, 1.54) is 0 Å². The number of hydrogen-bond donors (Lipinski definition) is 3. The van der Waals surface area contributed by atoms with Crippen LogP contribution in [0.4, 0.5) is 4.79 Å². The lowest BCUT2D eigenvalue weighted by atomic mass is 9.97. The Balaban J connectivity index is 2.34. The average molecular weight is 228 g/mol. The van der Waals surface area contributed by atoms with Crippen molar-refractivity contribution < 1.29 is 14.7 Å². The van der Waals surface area contributed by atoms with Crippen molar-refractivity contribution in [3.05, 3.63) is 0 Å². The molecule has 0 saturated heterocycles. The molecule has 2 amide bonds. The number of carbonyl (C=O) groups excluding carboxylic acids is 1. The first-order valence-corrected chi connectivity index (χ1v) is 5.57. The number of carbonyl (C=O) groups is 2. The molecule has 0 bridgehead atoms. The third-order valence-corrected chi connectivity index (χ3v) is 2.43. The maximum Gasteiger partial charge on any atom is 0.326 e. The lowest BCUT2D eigenvalue weighted by Gasteiger charge is -2.20. The van der Waals surface area contributed by atoms with Crippen LogP contribution in [0.3, 0.4) is 0 Å². The second-order valence-electron chi connectivity index (χ2n) is 5.54.